The maximum absolute atomic E-state index is 12.6. The van der Waals surface area contributed by atoms with E-state index in [1.54, 1.807) is 18.3 Å². The van der Waals surface area contributed by atoms with Crippen LogP contribution in [-0.2, 0) is 11.2 Å². The molecular formula is C24H25ClN2O3. The van der Waals surface area contributed by atoms with Gasteiger partial charge in [0.1, 0.15) is 0 Å². The molecule has 1 atom stereocenters. The van der Waals surface area contributed by atoms with Crippen LogP contribution in [0.4, 0.5) is 0 Å². The lowest BCUT2D eigenvalue weighted by atomic mass is 9.87. The molecule has 1 saturated heterocycles. The second-order valence-corrected chi connectivity index (χ2v) is 8.14. The summed E-state index contributed by atoms with van der Waals surface area (Å²) in [5.41, 5.74) is 1.85. The third kappa shape index (κ3) is 4.91. The van der Waals surface area contributed by atoms with Crippen molar-refractivity contribution in [3.05, 3.63) is 77.3 Å². The van der Waals surface area contributed by atoms with Crippen LogP contribution in [0.1, 0.15) is 36.8 Å². The number of aliphatic hydroxyl groups excluding tert-OH is 1. The number of nitrogens with zero attached hydrogens (tertiary/aromatic N) is 2. The predicted molar refractivity (Wildman–Crippen MR) is 116 cm³/mol. The SMILES string of the molecule is O=C(CCc1ncc(-c2ccc(Cl)cc2)o1)N1CCC(C(O)c2ccccc2)CC1. The molecule has 5 nitrogen and oxygen atoms in total. The summed E-state index contributed by atoms with van der Waals surface area (Å²) in [6.45, 7) is 1.35. The van der Waals surface area contributed by atoms with E-state index >= 15 is 0 Å². The van der Waals surface area contributed by atoms with Gasteiger partial charge in [0.25, 0.3) is 0 Å². The number of likely N-dealkylation sites (tertiary alicyclic amines) is 1. The highest BCUT2D eigenvalue weighted by Crippen LogP contribution is 2.31. The molecule has 4 rings (SSSR count). The van der Waals surface area contributed by atoms with E-state index in [2.05, 4.69) is 4.98 Å². The Morgan fingerprint density at radius 1 is 1.13 bits per heavy atom. The standard InChI is InChI=1S/C24H25ClN2O3/c25-20-8-6-17(7-9-20)21-16-26-22(30-21)10-11-23(28)27-14-12-19(13-15-27)24(29)18-4-2-1-3-5-18/h1-9,16,19,24,29H,10-15H2. The van der Waals surface area contributed by atoms with Gasteiger partial charge in [-0.15, -0.1) is 0 Å². The van der Waals surface area contributed by atoms with Gasteiger partial charge < -0.3 is 14.4 Å². The molecule has 2 aromatic carbocycles. The zero-order valence-electron chi connectivity index (χ0n) is 16.7. The molecule has 2 heterocycles. The molecule has 1 aliphatic rings. The Morgan fingerprint density at radius 2 is 1.83 bits per heavy atom. The number of aliphatic hydroxyl groups is 1. The van der Waals surface area contributed by atoms with Gasteiger partial charge in [-0.05, 0) is 48.6 Å². The first-order valence-electron chi connectivity index (χ1n) is 10.3. The van der Waals surface area contributed by atoms with Gasteiger partial charge in [-0.25, -0.2) is 4.98 Å². The number of carbonyl (C=O) groups excluding carboxylic acids is 1. The average Bonchev–Trinajstić information content (AvgIpc) is 3.27. The minimum atomic E-state index is -0.470. The number of amides is 1. The highest BCUT2D eigenvalue weighted by molar-refractivity contribution is 6.30. The summed E-state index contributed by atoms with van der Waals surface area (Å²) in [6, 6.07) is 17.1. The number of oxazole rings is 1. The largest absolute Gasteiger partial charge is 0.441 e. The number of carbonyl (C=O) groups is 1. The van der Waals surface area contributed by atoms with Gasteiger partial charge in [0.05, 0.1) is 12.3 Å². The van der Waals surface area contributed by atoms with E-state index in [1.165, 1.54) is 0 Å². The van der Waals surface area contributed by atoms with E-state index in [4.69, 9.17) is 16.0 Å². The van der Waals surface area contributed by atoms with Crippen LogP contribution < -0.4 is 0 Å². The Balaban J connectivity index is 1.26. The van der Waals surface area contributed by atoms with Crippen molar-refractivity contribution >= 4 is 17.5 Å². The molecule has 0 bridgehead atoms. The minimum Gasteiger partial charge on any atom is -0.441 e. The molecule has 6 heteroatoms. The third-order valence-corrected chi connectivity index (χ3v) is 5.97. The van der Waals surface area contributed by atoms with Crippen molar-refractivity contribution in [3.63, 3.8) is 0 Å². The summed E-state index contributed by atoms with van der Waals surface area (Å²) in [4.78, 5) is 18.8. The topological polar surface area (TPSA) is 66.6 Å². The smallest absolute Gasteiger partial charge is 0.223 e. The second-order valence-electron chi connectivity index (χ2n) is 7.70. The Bertz CT molecular complexity index is 964. The lowest BCUT2D eigenvalue weighted by Gasteiger charge is -2.34. The fourth-order valence-electron chi connectivity index (χ4n) is 3.93. The number of benzene rings is 2. The zero-order valence-corrected chi connectivity index (χ0v) is 17.5. The van der Waals surface area contributed by atoms with Crippen LogP contribution in [0, 0.1) is 5.92 Å². The minimum absolute atomic E-state index is 0.105. The summed E-state index contributed by atoms with van der Waals surface area (Å²) in [5.74, 6) is 1.52. The molecule has 30 heavy (non-hydrogen) atoms. The zero-order chi connectivity index (χ0) is 20.9. The third-order valence-electron chi connectivity index (χ3n) is 5.71. The van der Waals surface area contributed by atoms with Gasteiger partial charge in [-0.1, -0.05) is 41.9 Å². The van der Waals surface area contributed by atoms with Crippen LogP contribution in [0.3, 0.4) is 0 Å². The molecule has 156 valence electrons. The molecule has 0 spiro atoms. The van der Waals surface area contributed by atoms with Crippen molar-refractivity contribution in [2.24, 2.45) is 5.92 Å². The first-order valence-corrected chi connectivity index (χ1v) is 10.7. The van der Waals surface area contributed by atoms with Crippen LogP contribution in [0.2, 0.25) is 5.02 Å². The van der Waals surface area contributed by atoms with Crippen LogP contribution in [0.5, 0.6) is 0 Å². The number of rotatable bonds is 6. The van der Waals surface area contributed by atoms with Crippen LogP contribution in [0.25, 0.3) is 11.3 Å². The van der Waals surface area contributed by atoms with Crippen molar-refractivity contribution in [2.75, 3.05) is 13.1 Å². The van der Waals surface area contributed by atoms with Crippen molar-refractivity contribution in [1.29, 1.82) is 0 Å². The van der Waals surface area contributed by atoms with E-state index < -0.39 is 6.10 Å². The summed E-state index contributed by atoms with van der Waals surface area (Å²) >= 11 is 5.92. The molecule has 3 aromatic rings. The molecule has 1 aliphatic heterocycles. The second kappa shape index (κ2) is 9.45. The molecule has 1 N–H and O–H groups in total. The van der Waals surface area contributed by atoms with E-state index in [1.807, 2.05) is 47.4 Å². The maximum atomic E-state index is 12.6. The highest BCUT2D eigenvalue weighted by atomic mass is 35.5. The molecule has 1 unspecified atom stereocenters. The molecule has 1 fully saturated rings. The van der Waals surface area contributed by atoms with Crippen molar-refractivity contribution in [2.45, 2.75) is 31.8 Å². The number of hydrogen-bond acceptors (Lipinski definition) is 4. The van der Waals surface area contributed by atoms with E-state index in [-0.39, 0.29) is 11.8 Å². The Labute approximate surface area is 181 Å². The highest BCUT2D eigenvalue weighted by Gasteiger charge is 2.28. The molecule has 0 radical (unpaired) electrons. The van der Waals surface area contributed by atoms with Crippen molar-refractivity contribution in [3.8, 4) is 11.3 Å². The Kier molecular flexibility index (Phi) is 6.50. The fraction of sp³-hybridized carbons (Fsp3) is 0.333. The Hall–Kier alpha value is -2.63. The molecule has 1 aromatic heterocycles. The number of aryl methyl sites for hydroxylation is 1. The normalized spacial score (nSPS) is 15.9. The lowest BCUT2D eigenvalue weighted by molar-refractivity contribution is -0.133. The summed E-state index contributed by atoms with van der Waals surface area (Å²) < 4.78 is 5.79. The summed E-state index contributed by atoms with van der Waals surface area (Å²) in [5, 5.41) is 11.3. The molecule has 0 saturated carbocycles. The van der Waals surface area contributed by atoms with Crippen LogP contribution in [-0.4, -0.2) is 34.0 Å². The lowest BCUT2D eigenvalue weighted by Crippen LogP contribution is -2.39. The van der Waals surface area contributed by atoms with Gasteiger partial charge in [0.15, 0.2) is 11.7 Å². The van der Waals surface area contributed by atoms with E-state index in [0.717, 1.165) is 24.0 Å². The number of piperidine rings is 1. The molecular weight excluding hydrogens is 400 g/mol. The summed E-state index contributed by atoms with van der Waals surface area (Å²) in [7, 11) is 0. The average molecular weight is 425 g/mol. The summed E-state index contributed by atoms with van der Waals surface area (Å²) in [6.07, 6.45) is 3.66. The van der Waals surface area contributed by atoms with Crippen LogP contribution >= 0.6 is 11.6 Å². The number of halogens is 1. The van der Waals surface area contributed by atoms with Crippen molar-refractivity contribution < 1.29 is 14.3 Å². The van der Waals surface area contributed by atoms with Gasteiger partial charge in [-0.2, -0.15) is 0 Å². The quantitative estimate of drug-likeness (QED) is 0.611. The van der Waals surface area contributed by atoms with Gasteiger partial charge in [-0.3, -0.25) is 4.79 Å². The van der Waals surface area contributed by atoms with Gasteiger partial charge in [0.2, 0.25) is 5.91 Å². The maximum Gasteiger partial charge on any atom is 0.223 e. The van der Waals surface area contributed by atoms with E-state index in [9.17, 15) is 9.90 Å². The molecule has 1 amide bonds. The van der Waals surface area contributed by atoms with Gasteiger partial charge in [0, 0.05) is 36.5 Å². The number of aromatic nitrogens is 1. The first kappa shape index (κ1) is 20.6. The first-order chi connectivity index (χ1) is 14.6. The van der Waals surface area contributed by atoms with Gasteiger partial charge >= 0.3 is 0 Å². The fourth-order valence-corrected chi connectivity index (χ4v) is 4.06. The van der Waals surface area contributed by atoms with Crippen LogP contribution in [0.15, 0.2) is 65.2 Å². The van der Waals surface area contributed by atoms with Crippen molar-refractivity contribution in [1.82, 2.24) is 9.88 Å². The Morgan fingerprint density at radius 3 is 2.53 bits per heavy atom. The molecule has 0 aliphatic carbocycles. The monoisotopic (exact) mass is 424 g/mol. The predicted octanol–water partition coefficient (Wildman–Crippen LogP) is 4.90. The number of hydrogen-bond donors (Lipinski definition) is 1. The van der Waals surface area contributed by atoms with E-state index in [0.29, 0.717) is 42.6 Å².